The third kappa shape index (κ3) is 2.30. The molecule has 1 aromatic heterocycles. The number of pyridine rings is 1. The SMILES string of the molecule is I.O=C(O)c1ccccn1. The first-order chi connectivity index (χ1) is 4.30. The predicted molar refractivity (Wildman–Crippen MR) is 46.6 cm³/mol. The van der Waals surface area contributed by atoms with Crippen molar-refractivity contribution in [3.63, 3.8) is 0 Å². The number of carboxylic acid groups (broad SMARTS) is 1. The van der Waals surface area contributed by atoms with E-state index >= 15 is 0 Å². The minimum absolute atomic E-state index is 0. The van der Waals surface area contributed by atoms with E-state index in [1.54, 1.807) is 12.1 Å². The summed E-state index contributed by atoms with van der Waals surface area (Å²) in [6.07, 6.45) is 1.45. The van der Waals surface area contributed by atoms with Crippen molar-refractivity contribution in [3.8, 4) is 0 Å². The van der Waals surface area contributed by atoms with Crippen LogP contribution >= 0.6 is 24.0 Å². The summed E-state index contributed by atoms with van der Waals surface area (Å²) in [5, 5.41) is 8.32. The van der Waals surface area contributed by atoms with Crippen LogP contribution in [0.5, 0.6) is 0 Å². The Hall–Kier alpha value is -0.650. The van der Waals surface area contributed by atoms with E-state index in [0.717, 1.165) is 0 Å². The molecular formula is C6H6INO2. The first-order valence-electron chi connectivity index (χ1n) is 2.45. The summed E-state index contributed by atoms with van der Waals surface area (Å²) in [5.41, 5.74) is 0.0810. The zero-order valence-electron chi connectivity index (χ0n) is 5.02. The van der Waals surface area contributed by atoms with Gasteiger partial charge in [0.2, 0.25) is 0 Å². The second kappa shape index (κ2) is 4.21. The van der Waals surface area contributed by atoms with Gasteiger partial charge in [-0.05, 0) is 12.1 Å². The number of halogens is 1. The summed E-state index contributed by atoms with van der Waals surface area (Å²) in [5.74, 6) is -0.990. The highest BCUT2D eigenvalue weighted by molar-refractivity contribution is 14.0. The van der Waals surface area contributed by atoms with Gasteiger partial charge in [-0.1, -0.05) is 6.07 Å². The third-order valence-corrected chi connectivity index (χ3v) is 0.884. The van der Waals surface area contributed by atoms with Gasteiger partial charge in [-0.2, -0.15) is 0 Å². The molecular weight excluding hydrogens is 245 g/mol. The van der Waals surface area contributed by atoms with Crippen LogP contribution in [0, 0.1) is 0 Å². The molecule has 1 rings (SSSR count). The molecule has 0 aliphatic rings. The average Bonchev–Trinajstić information content (AvgIpc) is 1.90. The molecule has 1 aromatic rings. The highest BCUT2D eigenvalue weighted by atomic mass is 127. The summed E-state index contributed by atoms with van der Waals surface area (Å²) < 4.78 is 0. The second-order valence-electron chi connectivity index (χ2n) is 1.52. The molecule has 0 saturated carbocycles. The van der Waals surface area contributed by atoms with Crippen molar-refractivity contribution < 1.29 is 9.90 Å². The number of carbonyl (C=O) groups is 1. The minimum atomic E-state index is -0.990. The number of aromatic nitrogens is 1. The van der Waals surface area contributed by atoms with Gasteiger partial charge in [-0.25, -0.2) is 9.78 Å². The van der Waals surface area contributed by atoms with Crippen LogP contribution in [0.4, 0.5) is 0 Å². The molecule has 0 saturated heterocycles. The maximum atomic E-state index is 10.1. The Balaban J connectivity index is 0.000000810. The standard InChI is InChI=1S/C6H5NO2.HI/c8-6(9)5-3-1-2-4-7-5;/h1-4H,(H,8,9);1H. The van der Waals surface area contributed by atoms with Gasteiger partial charge in [0.15, 0.2) is 0 Å². The van der Waals surface area contributed by atoms with Gasteiger partial charge in [-0.15, -0.1) is 24.0 Å². The average molecular weight is 251 g/mol. The van der Waals surface area contributed by atoms with Crippen molar-refractivity contribution >= 4 is 29.9 Å². The van der Waals surface area contributed by atoms with Crippen molar-refractivity contribution in [3.05, 3.63) is 30.1 Å². The summed E-state index contributed by atoms with van der Waals surface area (Å²) in [7, 11) is 0. The zero-order valence-corrected chi connectivity index (χ0v) is 7.35. The summed E-state index contributed by atoms with van der Waals surface area (Å²) >= 11 is 0. The lowest BCUT2D eigenvalue weighted by atomic mass is 10.4. The molecule has 0 aliphatic carbocycles. The lowest BCUT2D eigenvalue weighted by Crippen LogP contribution is -1.97. The van der Waals surface area contributed by atoms with E-state index in [2.05, 4.69) is 4.98 Å². The molecule has 10 heavy (non-hydrogen) atoms. The van der Waals surface area contributed by atoms with Crippen LogP contribution in [0.3, 0.4) is 0 Å². The number of hydrogen-bond acceptors (Lipinski definition) is 2. The highest BCUT2D eigenvalue weighted by Gasteiger charge is 1.98. The molecule has 0 aromatic carbocycles. The molecule has 0 amide bonds. The number of carboxylic acids is 1. The van der Waals surface area contributed by atoms with Gasteiger partial charge in [0.25, 0.3) is 0 Å². The lowest BCUT2D eigenvalue weighted by Gasteiger charge is -1.87. The molecule has 0 unspecified atom stereocenters. The fourth-order valence-corrected chi connectivity index (χ4v) is 0.489. The number of rotatable bonds is 1. The van der Waals surface area contributed by atoms with Gasteiger partial charge in [0.1, 0.15) is 5.69 Å². The van der Waals surface area contributed by atoms with E-state index in [1.165, 1.54) is 12.3 Å². The minimum Gasteiger partial charge on any atom is -0.477 e. The molecule has 0 aliphatic heterocycles. The zero-order chi connectivity index (χ0) is 6.69. The van der Waals surface area contributed by atoms with Gasteiger partial charge >= 0.3 is 5.97 Å². The Kier molecular flexibility index (Phi) is 3.94. The van der Waals surface area contributed by atoms with Crippen molar-refractivity contribution in [2.24, 2.45) is 0 Å². The van der Waals surface area contributed by atoms with E-state index in [-0.39, 0.29) is 29.7 Å². The van der Waals surface area contributed by atoms with E-state index in [0.29, 0.717) is 0 Å². The fourth-order valence-electron chi connectivity index (χ4n) is 0.489. The van der Waals surface area contributed by atoms with Crippen molar-refractivity contribution in [1.29, 1.82) is 0 Å². The van der Waals surface area contributed by atoms with Gasteiger partial charge in [0.05, 0.1) is 0 Å². The van der Waals surface area contributed by atoms with Crippen LogP contribution in [0.1, 0.15) is 10.5 Å². The van der Waals surface area contributed by atoms with Gasteiger partial charge in [-0.3, -0.25) is 0 Å². The monoisotopic (exact) mass is 251 g/mol. The maximum absolute atomic E-state index is 10.1. The second-order valence-corrected chi connectivity index (χ2v) is 1.52. The molecule has 0 atom stereocenters. The summed E-state index contributed by atoms with van der Waals surface area (Å²) in [6.45, 7) is 0. The topological polar surface area (TPSA) is 50.2 Å². The normalized spacial score (nSPS) is 8.00. The fraction of sp³-hybridized carbons (Fsp3) is 0. The van der Waals surface area contributed by atoms with Gasteiger partial charge in [0, 0.05) is 6.20 Å². The van der Waals surface area contributed by atoms with Crippen molar-refractivity contribution in [2.45, 2.75) is 0 Å². The van der Waals surface area contributed by atoms with Crippen LogP contribution < -0.4 is 0 Å². The first-order valence-corrected chi connectivity index (χ1v) is 2.45. The quantitative estimate of drug-likeness (QED) is 0.767. The van der Waals surface area contributed by atoms with Crippen LogP contribution in [-0.4, -0.2) is 16.1 Å². The third-order valence-electron chi connectivity index (χ3n) is 0.884. The molecule has 4 heteroatoms. The Bertz CT molecular complexity index is 212. The molecule has 54 valence electrons. The van der Waals surface area contributed by atoms with Crippen LogP contribution in [0.15, 0.2) is 24.4 Å². The Morgan fingerprint density at radius 2 is 2.20 bits per heavy atom. The first kappa shape index (κ1) is 9.35. The van der Waals surface area contributed by atoms with Crippen LogP contribution in [0.2, 0.25) is 0 Å². The van der Waals surface area contributed by atoms with Crippen molar-refractivity contribution in [2.75, 3.05) is 0 Å². The lowest BCUT2D eigenvalue weighted by molar-refractivity contribution is 0.0690. The van der Waals surface area contributed by atoms with E-state index < -0.39 is 5.97 Å². The Morgan fingerprint density at radius 3 is 2.50 bits per heavy atom. The maximum Gasteiger partial charge on any atom is 0.354 e. The summed E-state index contributed by atoms with van der Waals surface area (Å²) in [6, 6.07) is 4.76. The largest absolute Gasteiger partial charge is 0.477 e. The Morgan fingerprint density at radius 1 is 1.50 bits per heavy atom. The number of hydrogen-bond donors (Lipinski definition) is 1. The highest BCUT2D eigenvalue weighted by Crippen LogP contribution is 1.90. The molecule has 0 fully saturated rings. The predicted octanol–water partition coefficient (Wildman–Crippen LogP) is 1.40. The smallest absolute Gasteiger partial charge is 0.354 e. The number of nitrogens with zero attached hydrogens (tertiary/aromatic N) is 1. The van der Waals surface area contributed by atoms with E-state index in [1.807, 2.05) is 0 Å². The molecule has 0 spiro atoms. The molecule has 3 nitrogen and oxygen atoms in total. The molecule has 0 radical (unpaired) electrons. The summed E-state index contributed by atoms with van der Waals surface area (Å²) in [4.78, 5) is 13.7. The number of aromatic carboxylic acids is 1. The van der Waals surface area contributed by atoms with E-state index in [4.69, 9.17) is 5.11 Å². The van der Waals surface area contributed by atoms with Crippen molar-refractivity contribution in [1.82, 2.24) is 4.98 Å². The molecule has 0 bridgehead atoms. The van der Waals surface area contributed by atoms with E-state index in [9.17, 15) is 4.79 Å². The molecule has 1 heterocycles. The van der Waals surface area contributed by atoms with Crippen LogP contribution in [-0.2, 0) is 0 Å². The Labute approximate surface area is 75.1 Å². The van der Waals surface area contributed by atoms with Crippen LogP contribution in [0.25, 0.3) is 0 Å². The molecule has 1 N–H and O–H groups in total. The van der Waals surface area contributed by atoms with Gasteiger partial charge < -0.3 is 5.11 Å².